The molecular weight excluding hydrogens is 497 g/mol. The summed E-state index contributed by atoms with van der Waals surface area (Å²) in [6.07, 6.45) is 11.7. The van der Waals surface area contributed by atoms with Crippen molar-refractivity contribution in [2.75, 3.05) is 13.2 Å². The van der Waals surface area contributed by atoms with Crippen molar-refractivity contribution in [2.24, 2.45) is 5.92 Å². The molecule has 1 fully saturated rings. The number of hydrogen-bond acceptors (Lipinski definition) is 2. The summed E-state index contributed by atoms with van der Waals surface area (Å²) in [5.41, 5.74) is 2.11. The fourth-order valence-electron chi connectivity index (χ4n) is 5.03. The first-order valence-corrected chi connectivity index (χ1v) is 13.9. The SMILES string of the molecule is C=CCCOc1ccc(/C=C/C2CCC(c3ccc(-c4ccc(OCCCC)cc4)c(F)c3F)CC2)cc1F. The standard InChI is InChI=1S/C34H37F3O2/c1-3-5-21-38-28-16-14-27(15-17-28)30-19-18-29(33(36)34(30)37)26-12-9-24(10-13-26)7-8-25-11-20-32(31(35)23-25)39-22-6-4-2/h4,7-8,11,14-20,23-24,26H,2-3,5-6,9-10,12-13,21-22H2,1H3/b8-7+. The molecule has 0 radical (unpaired) electrons. The predicted molar refractivity (Wildman–Crippen MR) is 153 cm³/mol. The molecule has 39 heavy (non-hydrogen) atoms. The van der Waals surface area contributed by atoms with Crippen molar-refractivity contribution in [1.82, 2.24) is 0 Å². The smallest absolute Gasteiger partial charge is 0.166 e. The van der Waals surface area contributed by atoms with Gasteiger partial charge in [0.25, 0.3) is 0 Å². The highest BCUT2D eigenvalue weighted by Crippen LogP contribution is 2.39. The van der Waals surface area contributed by atoms with Crippen LogP contribution in [0.3, 0.4) is 0 Å². The van der Waals surface area contributed by atoms with Gasteiger partial charge in [-0.2, -0.15) is 0 Å². The summed E-state index contributed by atoms with van der Waals surface area (Å²) in [7, 11) is 0. The van der Waals surface area contributed by atoms with Gasteiger partial charge in [-0.15, -0.1) is 6.58 Å². The zero-order valence-corrected chi connectivity index (χ0v) is 22.6. The van der Waals surface area contributed by atoms with Crippen molar-refractivity contribution in [2.45, 2.75) is 57.8 Å². The maximum Gasteiger partial charge on any atom is 0.166 e. The Hall–Kier alpha value is -3.47. The lowest BCUT2D eigenvalue weighted by Gasteiger charge is -2.27. The van der Waals surface area contributed by atoms with Crippen molar-refractivity contribution in [1.29, 1.82) is 0 Å². The molecule has 5 heteroatoms. The summed E-state index contributed by atoms with van der Waals surface area (Å²) in [4.78, 5) is 0. The minimum atomic E-state index is -0.798. The minimum Gasteiger partial charge on any atom is -0.494 e. The van der Waals surface area contributed by atoms with E-state index in [-0.39, 0.29) is 23.0 Å². The van der Waals surface area contributed by atoms with Gasteiger partial charge >= 0.3 is 0 Å². The summed E-state index contributed by atoms with van der Waals surface area (Å²) in [6, 6.07) is 15.5. The average Bonchev–Trinajstić information content (AvgIpc) is 2.95. The van der Waals surface area contributed by atoms with E-state index in [2.05, 4.69) is 19.6 Å². The van der Waals surface area contributed by atoms with E-state index < -0.39 is 11.6 Å². The molecule has 0 N–H and O–H groups in total. The van der Waals surface area contributed by atoms with E-state index in [1.54, 1.807) is 48.5 Å². The highest BCUT2D eigenvalue weighted by atomic mass is 19.2. The predicted octanol–water partition coefficient (Wildman–Crippen LogP) is 9.89. The Labute approximate surface area is 230 Å². The van der Waals surface area contributed by atoms with E-state index in [1.165, 1.54) is 6.07 Å². The van der Waals surface area contributed by atoms with Gasteiger partial charge in [-0.25, -0.2) is 13.2 Å². The van der Waals surface area contributed by atoms with Crippen LogP contribution in [0.4, 0.5) is 13.2 Å². The van der Waals surface area contributed by atoms with Crippen molar-refractivity contribution >= 4 is 6.08 Å². The van der Waals surface area contributed by atoms with Gasteiger partial charge in [0.2, 0.25) is 0 Å². The summed E-state index contributed by atoms with van der Waals surface area (Å²) in [5.74, 6) is -0.667. The lowest BCUT2D eigenvalue weighted by atomic mass is 9.78. The second kappa shape index (κ2) is 14.1. The van der Waals surface area contributed by atoms with Gasteiger partial charge in [0.05, 0.1) is 13.2 Å². The Morgan fingerprint density at radius 3 is 2.33 bits per heavy atom. The van der Waals surface area contributed by atoms with Crippen LogP contribution in [-0.2, 0) is 0 Å². The molecule has 0 atom stereocenters. The molecule has 1 aliphatic carbocycles. The molecule has 206 valence electrons. The van der Waals surface area contributed by atoms with Crippen LogP contribution in [0.1, 0.15) is 68.9 Å². The fraction of sp³-hybridized carbons (Fsp3) is 0.353. The largest absolute Gasteiger partial charge is 0.494 e. The maximum absolute atomic E-state index is 15.2. The molecule has 1 aliphatic rings. The van der Waals surface area contributed by atoms with E-state index in [4.69, 9.17) is 9.47 Å². The van der Waals surface area contributed by atoms with E-state index in [0.717, 1.165) is 49.8 Å². The fourth-order valence-corrected chi connectivity index (χ4v) is 5.03. The van der Waals surface area contributed by atoms with Gasteiger partial charge < -0.3 is 9.47 Å². The number of halogens is 3. The quantitative estimate of drug-likeness (QED) is 0.170. The molecule has 0 amide bonds. The van der Waals surface area contributed by atoms with Crippen molar-refractivity contribution in [3.05, 3.63) is 102 Å². The zero-order chi connectivity index (χ0) is 27.6. The minimum absolute atomic E-state index is 0.0167. The van der Waals surface area contributed by atoms with Crippen LogP contribution in [0.25, 0.3) is 17.2 Å². The second-order valence-corrected chi connectivity index (χ2v) is 10.1. The lowest BCUT2D eigenvalue weighted by molar-refractivity contribution is 0.308. The van der Waals surface area contributed by atoms with Crippen LogP contribution in [0.5, 0.6) is 11.5 Å². The molecule has 0 bridgehead atoms. The van der Waals surface area contributed by atoms with Crippen molar-refractivity contribution < 1.29 is 22.6 Å². The Bertz CT molecular complexity index is 1260. The first kappa shape index (κ1) is 28.5. The average molecular weight is 535 g/mol. The normalized spacial score (nSPS) is 17.3. The molecule has 0 aliphatic heterocycles. The summed E-state index contributed by atoms with van der Waals surface area (Å²) in [5, 5.41) is 0. The molecule has 0 heterocycles. The molecule has 4 rings (SSSR count). The Balaban J connectivity index is 1.34. The second-order valence-electron chi connectivity index (χ2n) is 10.1. The molecule has 3 aromatic rings. The highest BCUT2D eigenvalue weighted by Gasteiger charge is 2.25. The van der Waals surface area contributed by atoms with Gasteiger partial charge in [0.1, 0.15) is 5.75 Å². The Kier molecular flexibility index (Phi) is 10.3. The summed E-state index contributed by atoms with van der Waals surface area (Å²) in [6.45, 7) is 6.77. The Morgan fingerprint density at radius 1 is 0.872 bits per heavy atom. The third kappa shape index (κ3) is 7.56. The third-order valence-electron chi connectivity index (χ3n) is 7.35. The zero-order valence-electron chi connectivity index (χ0n) is 22.6. The van der Waals surface area contributed by atoms with E-state index >= 15 is 8.78 Å². The number of rotatable bonds is 12. The van der Waals surface area contributed by atoms with Gasteiger partial charge in [0.15, 0.2) is 23.2 Å². The first-order chi connectivity index (χ1) is 19.0. The van der Waals surface area contributed by atoms with E-state index in [9.17, 15) is 4.39 Å². The van der Waals surface area contributed by atoms with E-state index in [0.29, 0.717) is 36.7 Å². The lowest BCUT2D eigenvalue weighted by Crippen LogP contribution is -2.13. The van der Waals surface area contributed by atoms with E-state index in [1.807, 2.05) is 12.1 Å². The van der Waals surface area contributed by atoms with Gasteiger partial charge in [-0.05, 0) is 91.3 Å². The topological polar surface area (TPSA) is 18.5 Å². The molecule has 0 spiro atoms. The molecule has 3 aromatic carbocycles. The number of allylic oxidation sites excluding steroid dienone is 1. The van der Waals surface area contributed by atoms with Crippen LogP contribution < -0.4 is 9.47 Å². The number of benzene rings is 3. The van der Waals surface area contributed by atoms with Gasteiger partial charge in [-0.3, -0.25) is 0 Å². The third-order valence-corrected chi connectivity index (χ3v) is 7.35. The van der Waals surface area contributed by atoms with Gasteiger partial charge in [-0.1, -0.05) is 61.9 Å². The molecule has 1 saturated carbocycles. The molecule has 0 aromatic heterocycles. The summed E-state index contributed by atoms with van der Waals surface area (Å²) < 4.78 is 55.7. The molecule has 0 unspecified atom stereocenters. The summed E-state index contributed by atoms with van der Waals surface area (Å²) >= 11 is 0. The number of hydrogen-bond donors (Lipinski definition) is 0. The van der Waals surface area contributed by atoms with Crippen molar-refractivity contribution in [3.63, 3.8) is 0 Å². The van der Waals surface area contributed by atoms with Crippen LogP contribution in [0, 0.1) is 23.4 Å². The number of ether oxygens (including phenoxy) is 2. The molecule has 0 saturated heterocycles. The molecular formula is C34H37F3O2. The van der Waals surface area contributed by atoms with Gasteiger partial charge in [0, 0.05) is 5.56 Å². The van der Waals surface area contributed by atoms with Crippen LogP contribution in [0.15, 0.2) is 73.3 Å². The highest BCUT2D eigenvalue weighted by molar-refractivity contribution is 5.65. The Morgan fingerprint density at radius 2 is 1.64 bits per heavy atom. The monoisotopic (exact) mass is 534 g/mol. The van der Waals surface area contributed by atoms with Crippen molar-refractivity contribution in [3.8, 4) is 22.6 Å². The maximum atomic E-state index is 15.2. The first-order valence-electron chi connectivity index (χ1n) is 13.9. The van der Waals surface area contributed by atoms with Crippen LogP contribution in [0.2, 0.25) is 0 Å². The molecule has 2 nitrogen and oxygen atoms in total. The van der Waals surface area contributed by atoms with Crippen LogP contribution >= 0.6 is 0 Å². The number of unbranched alkanes of at least 4 members (excludes halogenated alkanes) is 1. The van der Waals surface area contributed by atoms with Crippen LogP contribution in [-0.4, -0.2) is 13.2 Å².